The molecule has 0 spiro atoms. The number of rotatable bonds is 5. The van der Waals surface area contributed by atoms with E-state index in [2.05, 4.69) is 4.98 Å². The fraction of sp³-hybridized carbons (Fsp3) is 0.0588. The number of benzene rings is 1. The first-order valence-electron chi connectivity index (χ1n) is 6.54. The number of ether oxygens (including phenoxy) is 1. The van der Waals surface area contributed by atoms with Crippen LogP contribution in [0.4, 0.5) is 0 Å². The largest absolute Gasteiger partial charge is 0.487 e. The Morgan fingerprint density at radius 2 is 1.90 bits per heavy atom. The number of hydrogen-bond acceptors (Lipinski definition) is 4. The van der Waals surface area contributed by atoms with E-state index in [-0.39, 0.29) is 0 Å². The molecule has 0 aliphatic heterocycles. The zero-order chi connectivity index (χ0) is 14.5. The van der Waals surface area contributed by atoms with Gasteiger partial charge in [0.1, 0.15) is 18.1 Å². The molecule has 0 bridgehead atoms. The molecule has 0 aliphatic rings. The van der Waals surface area contributed by atoms with Crippen molar-refractivity contribution in [1.29, 1.82) is 0 Å². The van der Waals surface area contributed by atoms with Gasteiger partial charge in [0.05, 0.1) is 11.3 Å². The maximum atomic E-state index is 10.7. The monoisotopic (exact) mass is 279 g/mol. The SMILES string of the molecule is O=Cc1ccc(-c2ccccc2OCc2ccccn2)o1. The van der Waals surface area contributed by atoms with Crippen LogP contribution < -0.4 is 4.74 Å². The van der Waals surface area contributed by atoms with E-state index < -0.39 is 0 Å². The van der Waals surface area contributed by atoms with Crippen LogP contribution >= 0.6 is 0 Å². The first-order chi connectivity index (χ1) is 10.4. The minimum atomic E-state index is 0.296. The zero-order valence-corrected chi connectivity index (χ0v) is 11.2. The maximum Gasteiger partial charge on any atom is 0.185 e. The summed E-state index contributed by atoms with van der Waals surface area (Å²) >= 11 is 0. The molecule has 0 radical (unpaired) electrons. The second kappa shape index (κ2) is 6.05. The summed E-state index contributed by atoms with van der Waals surface area (Å²) in [6, 6.07) is 16.6. The Labute approximate surface area is 122 Å². The highest BCUT2D eigenvalue weighted by atomic mass is 16.5. The molecule has 0 atom stereocenters. The molecule has 0 fully saturated rings. The molecule has 104 valence electrons. The third-order valence-corrected chi connectivity index (χ3v) is 3.00. The molecule has 2 heterocycles. The fourth-order valence-electron chi connectivity index (χ4n) is 1.99. The van der Waals surface area contributed by atoms with Crippen LogP contribution in [0.1, 0.15) is 16.2 Å². The Bertz CT molecular complexity index is 735. The highest BCUT2D eigenvalue weighted by Gasteiger charge is 2.10. The van der Waals surface area contributed by atoms with Crippen molar-refractivity contribution in [1.82, 2.24) is 4.98 Å². The number of carbonyl (C=O) groups is 1. The Morgan fingerprint density at radius 3 is 2.67 bits per heavy atom. The number of pyridine rings is 1. The number of aldehydes is 1. The van der Waals surface area contributed by atoms with Crippen molar-refractivity contribution < 1.29 is 13.9 Å². The van der Waals surface area contributed by atoms with Gasteiger partial charge in [-0.3, -0.25) is 9.78 Å². The Kier molecular flexibility index (Phi) is 3.78. The van der Waals surface area contributed by atoms with Gasteiger partial charge in [-0.2, -0.15) is 0 Å². The van der Waals surface area contributed by atoms with Crippen molar-refractivity contribution in [3.05, 3.63) is 72.2 Å². The lowest BCUT2D eigenvalue weighted by atomic mass is 10.1. The molecule has 1 aromatic carbocycles. The molecule has 0 saturated heterocycles. The van der Waals surface area contributed by atoms with E-state index in [0.717, 1.165) is 11.3 Å². The predicted octanol–water partition coefficient (Wildman–Crippen LogP) is 3.73. The van der Waals surface area contributed by atoms with Crippen LogP contribution in [0.15, 0.2) is 65.2 Å². The molecule has 3 rings (SSSR count). The van der Waals surface area contributed by atoms with Gasteiger partial charge in [0, 0.05) is 6.20 Å². The van der Waals surface area contributed by atoms with E-state index in [0.29, 0.717) is 30.2 Å². The van der Waals surface area contributed by atoms with Gasteiger partial charge >= 0.3 is 0 Å². The first kappa shape index (κ1) is 13.1. The van der Waals surface area contributed by atoms with Gasteiger partial charge in [-0.25, -0.2) is 0 Å². The average Bonchev–Trinajstić information content (AvgIpc) is 3.03. The minimum Gasteiger partial charge on any atom is -0.487 e. The summed E-state index contributed by atoms with van der Waals surface area (Å²) in [7, 11) is 0. The van der Waals surface area contributed by atoms with Gasteiger partial charge in [0.15, 0.2) is 12.0 Å². The van der Waals surface area contributed by atoms with E-state index in [1.54, 1.807) is 18.3 Å². The minimum absolute atomic E-state index is 0.296. The summed E-state index contributed by atoms with van der Waals surface area (Å²) in [6.45, 7) is 0.374. The summed E-state index contributed by atoms with van der Waals surface area (Å²) in [5.41, 5.74) is 1.65. The maximum absolute atomic E-state index is 10.7. The molecule has 21 heavy (non-hydrogen) atoms. The summed E-state index contributed by atoms with van der Waals surface area (Å²) in [5.74, 6) is 1.59. The van der Waals surface area contributed by atoms with Crippen LogP contribution in [0.2, 0.25) is 0 Å². The van der Waals surface area contributed by atoms with Gasteiger partial charge in [0.2, 0.25) is 0 Å². The number of para-hydroxylation sites is 1. The van der Waals surface area contributed by atoms with Crippen LogP contribution in [-0.4, -0.2) is 11.3 Å². The summed E-state index contributed by atoms with van der Waals surface area (Å²) in [5, 5.41) is 0. The van der Waals surface area contributed by atoms with Crippen LogP contribution in [-0.2, 0) is 6.61 Å². The number of furan rings is 1. The van der Waals surface area contributed by atoms with Gasteiger partial charge in [-0.15, -0.1) is 0 Å². The summed E-state index contributed by atoms with van der Waals surface area (Å²) in [4.78, 5) is 14.9. The highest BCUT2D eigenvalue weighted by Crippen LogP contribution is 2.31. The number of hydrogen-bond donors (Lipinski definition) is 0. The molecule has 0 N–H and O–H groups in total. The second-order valence-electron chi connectivity index (χ2n) is 4.43. The summed E-state index contributed by atoms with van der Waals surface area (Å²) < 4.78 is 11.3. The molecule has 0 saturated carbocycles. The Balaban J connectivity index is 1.84. The molecule has 0 aliphatic carbocycles. The quantitative estimate of drug-likeness (QED) is 0.668. The van der Waals surface area contributed by atoms with Crippen molar-refractivity contribution in [2.45, 2.75) is 6.61 Å². The lowest BCUT2D eigenvalue weighted by Crippen LogP contribution is -1.98. The summed E-state index contributed by atoms with van der Waals surface area (Å²) in [6.07, 6.45) is 2.41. The van der Waals surface area contributed by atoms with E-state index in [9.17, 15) is 4.79 Å². The number of carbonyl (C=O) groups excluding carboxylic acids is 1. The Hall–Kier alpha value is -2.88. The molecule has 0 amide bonds. The van der Waals surface area contributed by atoms with E-state index in [1.807, 2.05) is 42.5 Å². The van der Waals surface area contributed by atoms with Crippen LogP contribution in [0.25, 0.3) is 11.3 Å². The van der Waals surface area contributed by atoms with Crippen molar-refractivity contribution >= 4 is 6.29 Å². The topological polar surface area (TPSA) is 52.3 Å². The van der Waals surface area contributed by atoms with Crippen molar-refractivity contribution in [2.75, 3.05) is 0 Å². The van der Waals surface area contributed by atoms with Crippen molar-refractivity contribution in [3.63, 3.8) is 0 Å². The van der Waals surface area contributed by atoms with Crippen LogP contribution in [0.5, 0.6) is 5.75 Å². The fourth-order valence-corrected chi connectivity index (χ4v) is 1.99. The molecule has 2 aromatic heterocycles. The molecule has 4 nitrogen and oxygen atoms in total. The molecule has 0 unspecified atom stereocenters. The van der Waals surface area contributed by atoms with Crippen LogP contribution in [0.3, 0.4) is 0 Å². The average molecular weight is 279 g/mol. The van der Waals surface area contributed by atoms with E-state index in [1.165, 1.54) is 0 Å². The van der Waals surface area contributed by atoms with Crippen molar-refractivity contribution in [2.24, 2.45) is 0 Å². The van der Waals surface area contributed by atoms with Crippen LogP contribution in [0, 0.1) is 0 Å². The third-order valence-electron chi connectivity index (χ3n) is 3.00. The van der Waals surface area contributed by atoms with E-state index >= 15 is 0 Å². The zero-order valence-electron chi connectivity index (χ0n) is 11.2. The van der Waals surface area contributed by atoms with Gasteiger partial charge in [0.25, 0.3) is 0 Å². The lowest BCUT2D eigenvalue weighted by Gasteiger charge is -2.09. The second-order valence-corrected chi connectivity index (χ2v) is 4.43. The lowest BCUT2D eigenvalue weighted by molar-refractivity contribution is 0.110. The smallest absolute Gasteiger partial charge is 0.185 e. The molecule has 3 aromatic rings. The number of aromatic nitrogens is 1. The van der Waals surface area contributed by atoms with E-state index in [4.69, 9.17) is 9.15 Å². The molecular formula is C17H13NO3. The predicted molar refractivity (Wildman–Crippen MR) is 78.1 cm³/mol. The van der Waals surface area contributed by atoms with Gasteiger partial charge in [-0.1, -0.05) is 18.2 Å². The number of nitrogens with zero attached hydrogens (tertiary/aromatic N) is 1. The standard InChI is InChI=1S/C17H13NO3/c19-11-14-8-9-17(21-14)15-6-1-2-7-16(15)20-12-13-5-3-4-10-18-13/h1-11H,12H2. The molecule has 4 heteroatoms. The molecular weight excluding hydrogens is 266 g/mol. The first-order valence-corrected chi connectivity index (χ1v) is 6.54. The third kappa shape index (κ3) is 3.00. The van der Waals surface area contributed by atoms with Gasteiger partial charge < -0.3 is 9.15 Å². The van der Waals surface area contributed by atoms with Crippen molar-refractivity contribution in [3.8, 4) is 17.1 Å². The highest BCUT2D eigenvalue weighted by molar-refractivity contribution is 5.74. The Morgan fingerprint density at radius 1 is 1.05 bits per heavy atom. The van der Waals surface area contributed by atoms with Gasteiger partial charge in [-0.05, 0) is 36.4 Å². The normalized spacial score (nSPS) is 10.3.